The highest BCUT2D eigenvalue weighted by Gasteiger charge is 2.00. The van der Waals surface area contributed by atoms with E-state index in [0.29, 0.717) is 13.2 Å². The molecule has 0 aromatic heterocycles. The van der Waals surface area contributed by atoms with Gasteiger partial charge in [-0.1, -0.05) is 23.8 Å². The number of rotatable bonds is 4. The maximum Gasteiger partial charge on any atom is 0.0720 e. The van der Waals surface area contributed by atoms with E-state index in [4.69, 9.17) is 10.5 Å². The third-order valence-electron chi connectivity index (χ3n) is 2.14. The van der Waals surface area contributed by atoms with E-state index in [1.807, 2.05) is 6.92 Å². The molecule has 78 valence electrons. The van der Waals surface area contributed by atoms with Gasteiger partial charge in [-0.3, -0.25) is 0 Å². The van der Waals surface area contributed by atoms with Gasteiger partial charge < -0.3 is 10.5 Å². The molecule has 0 aliphatic rings. The van der Waals surface area contributed by atoms with Crippen LogP contribution >= 0.6 is 0 Å². The second-order valence-corrected chi connectivity index (χ2v) is 3.92. The van der Waals surface area contributed by atoms with Crippen LogP contribution in [0.3, 0.4) is 0 Å². The van der Waals surface area contributed by atoms with E-state index in [1.165, 1.54) is 16.7 Å². The quantitative estimate of drug-likeness (QED) is 0.795. The first-order chi connectivity index (χ1) is 6.59. The third-order valence-corrected chi connectivity index (χ3v) is 2.14. The Morgan fingerprint density at radius 1 is 1.36 bits per heavy atom. The first kappa shape index (κ1) is 11.2. The van der Waals surface area contributed by atoms with E-state index in [0.717, 1.165) is 0 Å². The van der Waals surface area contributed by atoms with E-state index in [9.17, 15) is 0 Å². The van der Waals surface area contributed by atoms with Crippen LogP contribution in [0, 0.1) is 13.8 Å². The van der Waals surface area contributed by atoms with Crippen LogP contribution in [-0.2, 0) is 11.3 Å². The molecule has 0 bridgehead atoms. The summed E-state index contributed by atoms with van der Waals surface area (Å²) >= 11 is 0. The fourth-order valence-electron chi connectivity index (χ4n) is 1.31. The zero-order valence-corrected chi connectivity index (χ0v) is 9.21. The number of benzene rings is 1. The molecule has 0 aliphatic carbocycles. The second-order valence-electron chi connectivity index (χ2n) is 3.92. The summed E-state index contributed by atoms with van der Waals surface area (Å²) in [6.45, 7) is 7.42. The van der Waals surface area contributed by atoms with Crippen molar-refractivity contribution < 1.29 is 4.74 Å². The molecule has 0 fully saturated rings. The van der Waals surface area contributed by atoms with Crippen molar-refractivity contribution in [2.24, 2.45) is 5.73 Å². The van der Waals surface area contributed by atoms with Crippen LogP contribution in [0.25, 0.3) is 0 Å². The molecule has 2 N–H and O–H groups in total. The largest absolute Gasteiger partial charge is 0.375 e. The molecule has 14 heavy (non-hydrogen) atoms. The Bertz CT molecular complexity index is 294. The van der Waals surface area contributed by atoms with E-state index in [2.05, 4.69) is 32.0 Å². The summed E-state index contributed by atoms with van der Waals surface area (Å²) in [5.74, 6) is 0. The fraction of sp³-hybridized carbons (Fsp3) is 0.500. The molecule has 1 aromatic carbocycles. The lowest BCUT2D eigenvalue weighted by atomic mass is 10.1. The fourth-order valence-corrected chi connectivity index (χ4v) is 1.31. The van der Waals surface area contributed by atoms with Gasteiger partial charge in [0.15, 0.2) is 0 Å². The number of hydrogen-bond donors (Lipinski definition) is 1. The summed E-state index contributed by atoms with van der Waals surface area (Å²) in [7, 11) is 0. The Morgan fingerprint density at radius 3 is 2.71 bits per heavy atom. The highest BCUT2D eigenvalue weighted by molar-refractivity contribution is 5.29. The molecule has 0 amide bonds. The van der Waals surface area contributed by atoms with Gasteiger partial charge in [-0.15, -0.1) is 0 Å². The predicted octanol–water partition coefficient (Wildman–Crippen LogP) is 2.17. The van der Waals surface area contributed by atoms with E-state index in [1.54, 1.807) is 0 Å². The molecule has 0 radical (unpaired) electrons. The zero-order valence-electron chi connectivity index (χ0n) is 9.21. The monoisotopic (exact) mass is 193 g/mol. The van der Waals surface area contributed by atoms with Crippen LogP contribution in [0.5, 0.6) is 0 Å². The van der Waals surface area contributed by atoms with Crippen molar-refractivity contribution in [1.82, 2.24) is 0 Å². The van der Waals surface area contributed by atoms with Crippen molar-refractivity contribution in [3.8, 4) is 0 Å². The molecule has 2 nitrogen and oxygen atoms in total. The molecule has 0 heterocycles. The zero-order chi connectivity index (χ0) is 10.6. The van der Waals surface area contributed by atoms with Gasteiger partial charge in [-0.25, -0.2) is 0 Å². The average molecular weight is 193 g/mol. The number of ether oxygens (including phenoxy) is 1. The van der Waals surface area contributed by atoms with Crippen LogP contribution in [-0.4, -0.2) is 12.6 Å². The molecule has 1 rings (SSSR count). The van der Waals surface area contributed by atoms with Gasteiger partial charge in [0.1, 0.15) is 0 Å². The van der Waals surface area contributed by atoms with Gasteiger partial charge >= 0.3 is 0 Å². The van der Waals surface area contributed by atoms with Gasteiger partial charge in [0.25, 0.3) is 0 Å². The Labute approximate surface area is 86.1 Å². The first-order valence-corrected chi connectivity index (χ1v) is 4.99. The van der Waals surface area contributed by atoms with Crippen LogP contribution in [0.1, 0.15) is 23.6 Å². The van der Waals surface area contributed by atoms with Crippen LogP contribution in [0.4, 0.5) is 0 Å². The summed E-state index contributed by atoms with van der Waals surface area (Å²) in [5, 5.41) is 0. The van der Waals surface area contributed by atoms with Crippen LogP contribution < -0.4 is 5.73 Å². The minimum Gasteiger partial charge on any atom is -0.375 e. The minimum atomic E-state index is 0.111. The van der Waals surface area contributed by atoms with E-state index in [-0.39, 0.29) is 6.04 Å². The normalized spacial score (nSPS) is 12.9. The number of hydrogen-bond acceptors (Lipinski definition) is 2. The number of nitrogens with two attached hydrogens (primary N) is 1. The minimum absolute atomic E-state index is 0.111. The SMILES string of the molecule is Cc1ccc(C)c(COC[C@H](C)N)c1. The lowest BCUT2D eigenvalue weighted by Gasteiger charge is -2.09. The molecule has 0 aliphatic heterocycles. The Kier molecular flexibility index (Phi) is 4.11. The molecular weight excluding hydrogens is 174 g/mol. The smallest absolute Gasteiger partial charge is 0.0720 e. The molecule has 1 atom stereocenters. The van der Waals surface area contributed by atoms with Crippen molar-refractivity contribution in [2.75, 3.05) is 6.61 Å². The molecule has 0 spiro atoms. The highest BCUT2D eigenvalue weighted by Crippen LogP contribution is 2.11. The number of aryl methyl sites for hydroxylation is 2. The van der Waals surface area contributed by atoms with Crippen LogP contribution in [0.2, 0.25) is 0 Å². The lowest BCUT2D eigenvalue weighted by molar-refractivity contribution is 0.111. The van der Waals surface area contributed by atoms with Gasteiger partial charge in [-0.2, -0.15) is 0 Å². The van der Waals surface area contributed by atoms with Gasteiger partial charge in [0.05, 0.1) is 13.2 Å². The lowest BCUT2D eigenvalue weighted by Crippen LogP contribution is -2.21. The maximum absolute atomic E-state index is 5.60. The first-order valence-electron chi connectivity index (χ1n) is 4.99. The molecule has 0 saturated heterocycles. The topological polar surface area (TPSA) is 35.2 Å². The van der Waals surface area contributed by atoms with Crippen LogP contribution in [0.15, 0.2) is 18.2 Å². The highest BCUT2D eigenvalue weighted by atomic mass is 16.5. The van der Waals surface area contributed by atoms with Crippen molar-refractivity contribution in [3.05, 3.63) is 34.9 Å². The molecule has 2 heteroatoms. The van der Waals surface area contributed by atoms with E-state index >= 15 is 0 Å². The molecule has 0 saturated carbocycles. The summed E-state index contributed by atoms with van der Waals surface area (Å²) in [5.41, 5.74) is 9.41. The van der Waals surface area contributed by atoms with Gasteiger partial charge in [0.2, 0.25) is 0 Å². The van der Waals surface area contributed by atoms with Crippen molar-refractivity contribution in [1.29, 1.82) is 0 Å². The summed E-state index contributed by atoms with van der Waals surface area (Å²) in [4.78, 5) is 0. The molecule has 0 unspecified atom stereocenters. The average Bonchev–Trinajstić information content (AvgIpc) is 2.10. The second kappa shape index (κ2) is 5.13. The summed E-state index contributed by atoms with van der Waals surface area (Å²) in [6, 6.07) is 6.51. The summed E-state index contributed by atoms with van der Waals surface area (Å²) < 4.78 is 5.49. The summed E-state index contributed by atoms with van der Waals surface area (Å²) in [6.07, 6.45) is 0. The van der Waals surface area contributed by atoms with Gasteiger partial charge in [0, 0.05) is 6.04 Å². The van der Waals surface area contributed by atoms with Gasteiger partial charge in [-0.05, 0) is 31.9 Å². The van der Waals surface area contributed by atoms with Crippen molar-refractivity contribution in [3.63, 3.8) is 0 Å². The molecular formula is C12H19NO. The predicted molar refractivity (Wildman–Crippen MR) is 59.2 cm³/mol. The Balaban J connectivity index is 2.53. The maximum atomic E-state index is 5.60. The molecule has 1 aromatic rings. The Morgan fingerprint density at radius 2 is 2.07 bits per heavy atom. The standard InChI is InChI=1S/C12H19NO/c1-9-4-5-10(2)12(6-9)8-14-7-11(3)13/h4-6,11H,7-8,13H2,1-3H3/t11-/m0/s1. The van der Waals surface area contributed by atoms with Crippen molar-refractivity contribution >= 4 is 0 Å². The van der Waals surface area contributed by atoms with Crippen molar-refractivity contribution in [2.45, 2.75) is 33.4 Å². The third kappa shape index (κ3) is 3.48. The Hall–Kier alpha value is -0.860. The van der Waals surface area contributed by atoms with E-state index < -0.39 is 0 Å².